The van der Waals surface area contributed by atoms with Crippen LogP contribution in [0.25, 0.3) is 0 Å². The van der Waals surface area contributed by atoms with Crippen molar-refractivity contribution in [3.63, 3.8) is 0 Å². The number of anilines is 1. The summed E-state index contributed by atoms with van der Waals surface area (Å²) in [5, 5.41) is 10.1. The summed E-state index contributed by atoms with van der Waals surface area (Å²) in [7, 11) is 0. The number of hydrogen-bond acceptors (Lipinski definition) is 2. The van der Waals surface area contributed by atoms with E-state index >= 15 is 0 Å². The highest BCUT2D eigenvalue weighted by Crippen LogP contribution is 2.59. The zero-order valence-corrected chi connectivity index (χ0v) is 13.9. The Morgan fingerprint density at radius 3 is 2.38 bits per heavy atom. The number of aliphatic carboxylic acids is 1. The molecule has 24 heavy (non-hydrogen) atoms. The first kappa shape index (κ1) is 14.9. The Labute approximate surface area is 140 Å². The molecule has 0 fully saturated rings. The first-order valence-corrected chi connectivity index (χ1v) is 8.07. The molecule has 0 spiro atoms. The van der Waals surface area contributed by atoms with Crippen LogP contribution in [0.15, 0.2) is 48.5 Å². The van der Waals surface area contributed by atoms with Gasteiger partial charge in [-0.1, -0.05) is 50.2 Å². The van der Waals surface area contributed by atoms with E-state index in [2.05, 4.69) is 0 Å². The minimum Gasteiger partial charge on any atom is -0.481 e. The number of carboxylic acid groups (broad SMARTS) is 1. The highest BCUT2D eigenvalue weighted by atomic mass is 16.4. The van der Waals surface area contributed by atoms with Crippen LogP contribution in [0, 0.1) is 0 Å². The number of para-hydroxylation sites is 1. The molecule has 0 aromatic heterocycles. The fourth-order valence-corrected chi connectivity index (χ4v) is 4.55. The Morgan fingerprint density at radius 1 is 1.04 bits per heavy atom. The molecular formula is C20H19NO3. The van der Waals surface area contributed by atoms with Gasteiger partial charge in [0.15, 0.2) is 0 Å². The van der Waals surface area contributed by atoms with E-state index in [1.165, 1.54) is 0 Å². The van der Waals surface area contributed by atoms with E-state index in [9.17, 15) is 14.7 Å². The topological polar surface area (TPSA) is 57.6 Å². The van der Waals surface area contributed by atoms with Gasteiger partial charge in [0.05, 0.1) is 5.54 Å². The van der Waals surface area contributed by atoms with Crippen molar-refractivity contribution in [1.82, 2.24) is 0 Å². The number of hydrogen-bond donors (Lipinski definition) is 1. The van der Waals surface area contributed by atoms with Crippen molar-refractivity contribution >= 4 is 17.6 Å². The average molecular weight is 321 g/mol. The van der Waals surface area contributed by atoms with Gasteiger partial charge in [-0.2, -0.15) is 0 Å². The molecule has 4 rings (SSSR count). The van der Waals surface area contributed by atoms with Crippen LogP contribution in [0.5, 0.6) is 0 Å². The van der Waals surface area contributed by atoms with Crippen LogP contribution in [-0.2, 0) is 10.2 Å². The summed E-state index contributed by atoms with van der Waals surface area (Å²) >= 11 is 0. The normalized spacial score (nSPS) is 26.5. The van der Waals surface area contributed by atoms with Crippen molar-refractivity contribution < 1.29 is 14.7 Å². The third kappa shape index (κ3) is 1.49. The van der Waals surface area contributed by atoms with Crippen LogP contribution in [0.3, 0.4) is 0 Å². The Hall–Kier alpha value is -2.62. The van der Waals surface area contributed by atoms with Crippen molar-refractivity contribution in [2.24, 2.45) is 0 Å². The number of carbonyl (C=O) groups excluding carboxylic acids is 1. The monoisotopic (exact) mass is 321 g/mol. The van der Waals surface area contributed by atoms with E-state index in [0.29, 0.717) is 11.1 Å². The smallest absolute Gasteiger partial charge is 0.313 e. The van der Waals surface area contributed by atoms with Crippen LogP contribution >= 0.6 is 0 Å². The highest BCUT2D eigenvalue weighted by Gasteiger charge is 2.64. The quantitative estimate of drug-likeness (QED) is 0.873. The molecule has 4 nitrogen and oxygen atoms in total. The van der Waals surface area contributed by atoms with E-state index in [-0.39, 0.29) is 5.91 Å². The molecule has 2 atom stereocenters. The van der Waals surface area contributed by atoms with Gasteiger partial charge in [-0.15, -0.1) is 0 Å². The third-order valence-electron chi connectivity index (χ3n) is 6.06. The maximum atomic E-state index is 13.3. The molecule has 0 bridgehead atoms. The molecule has 122 valence electrons. The molecule has 0 saturated heterocycles. The molecule has 2 aliphatic rings. The van der Waals surface area contributed by atoms with Gasteiger partial charge in [-0.25, -0.2) is 0 Å². The largest absolute Gasteiger partial charge is 0.481 e. The Morgan fingerprint density at radius 2 is 1.67 bits per heavy atom. The minimum atomic E-state index is -0.900. The summed E-state index contributed by atoms with van der Waals surface area (Å²) in [5.41, 5.74) is 1.56. The van der Waals surface area contributed by atoms with Gasteiger partial charge in [0.1, 0.15) is 5.92 Å². The van der Waals surface area contributed by atoms with E-state index in [1.54, 1.807) is 29.2 Å². The van der Waals surface area contributed by atoms with E-state index in [0.717, 1.165) is 11.3 Å². The van der Waals surface area contributed by atoms with Crippen molar-refractivity contribution in [1.29, 1.82) is 0 Å². The Balaban J connectivity index is 2.11. The van der Waals surface area contributed by atoms with Crippen molar-refractivity contribution in [3.8, 4) is 0 Å². The van der Waals surface area contributed by atoms with Gasteiger partial charge >= 0.3 is 5.97 Å². The molecule has 2 aromatic carbocycles. The van der Waals surface area contributed by atoms with Gasteiger partial charge in [0.2, 0.25) is 0 Å². The minimum absolute atomic E-state index is 0.122. The van der Waals surface area contributed by atoms with Crippen molar-refractivity contribution in [3.05, 3.63) is 65.2 Å². The first-order valence-electron chi connectivity index (χ1n) is 8.07. The van der Waals surface area contributed by atoms with Crippen LogP contribution in [-0.4, -0.2) is 22.5 Å². The SMILES string of the molecule is CC1(C)c2ccccc2N2C(=O)c3ccccc3[C@H](C(=O)O)[C@]21C. The number of benzene rings is 2. The summed E-state index contributed by atoms with van der Waals surface area (Å²) in [5.74, 6) is -1.80. The lowest BCUT2D eigenvalue weighted by atomic mass is 9.61. The predicted octanol–water partition coefficient (Wildman–Crippen LogP) is 3.57. The zero-order chi connectivity index (χ0) is 17.3. The van der Waals surface area contributed by atoms with Gasteiger partial charge in [0.25, 0.3) is 5.91 Å². The average Bonchev–Trinajstić information content (AvgIpc) is 2.72. The van der Waals surface area contributed by atoms with Gasteiger partial charge < -0.3 is 10.0 Å². The zero-order valence-electron chi connectivity index (χ0n) is 13.9. The molecule has 2 aromatic rings. The maximum absolute atomic E-state index is 13.3. The summed E-state index contributed by atoms with van der Waals surface area (Å²) in [6, 6.07) is 14.8. The van der Waals surface area contributed by atoms with Crippen LogP contribution in [0.4, 0.5) is 5.69 Å². The lowest BCUT2D eigenvalue weighted by molar-refractivity contribution is -0.141. The number of carbonyl (C=O) groups is 2. The fourth-order valence-electron chi connectivity index (χ4n) is 4.55. The molecule has 1 N–H and O–H groups in total. The standard InChI is InChI=1S/C20H19NO3/c1-19(2)14-10-6-7-11-15(14)21-17(22)13-9-5-4-8-12(13)16(18(23)24)20(19,21)3/h4-11,16H,1-3H3,(H,23,24)/t16-,20+/m1/s1. The number of carboxylic acids is 1. The number of rotatable bonds is 1. The van der Waals surface area contributed by atoms with E-state index in [1.807, 2.05) is 45.0 Å². The van der Waals surface area contributed by atoms with E-state index in [4.69, 9.17) is 0 Å². The van der Waals surface area contributed by atoms with Gasteiger partial charge in [-0.05, 0) is 30.2 Å². The third-order valence-corrected chi connectivity index (χ3v) is 6.06. The lowest BCUT2D eigenvalue weighted by Gasteiger charge is -2.51. The molecule has 0 aliphatic carbocycles. The van der Waals surface area contributed by atoms with E-state index < -0.39 is 22.8 Å². The lowest BCUT2D eigenvalue weighted by Crippen LogP contribution is -2.63. The second kappa shape index (κ2) is 4.47. The summed E-state index contributed by atoms with van der Waals surface area (Å²) < 4.78 is 0. The van der Waals surface area contributed by atoms with Crippen molar-refractivity contribution in [2.75, 3.05) is 4.90 Å². The molecule has 0 radical (unpaired) electrons. The highest BCUT2D eigenvalue weighted by molar-refractivity contribution is 6.13. The molecule has 0 saturated carbocycles. The molecule has 2 aliphatic heterocycles. The fraction of sp³-hybridized carbons (Fsp3) is 0.300. The predicted molar refractivity (Wildman–Crippen MR) is 91.5 cm³/mol. The second-order valence-electron chi connectivity index (χ2n) is 7.29. The molecule has 1 amide bonds. The molecule has 2 heterocycles. The maximum Gasteiger partial charge on any atom is 0.313 e. The van der Waals surface area contributed by atoms with Crippen LogP contribution in [0.2, 0.25) is 0 Å². The molecule has 0 unspecified atom stereocenters. The number of amides is 1. The van der Waals surface area contributed by atoms with Crippen LogP contribution in [0.1, 0.15) is 48.2 Å². The van der Waals surface area contributed by atoms with Crippen LogP contribution < -0.4 is 4.90 Å². The summed E-state index contributed by atoms with van der Waals surface area (Å²) in [6.45, 7) is 5.96. The van der Waals surface area contributed by atoms with Crippen molar-refractivity contribution in [2.45, 2.75) is 37.6 Å². The Bertz CT molecular complexity index is 886. The Kier molecular flexibility index (Phi) is 2.78. The number of fused-ring (bicyclic) bond motifs is 4. The first-order chi connectivity index (χ1) is 11.3. The molecule has 4 heteroatoms. The molecular weight excluding hydrogens is 302 g/mol. The summed E-state index contributed by atoms with van der Waals surface area (Å²) in [4.78, 5) is 27.2. The van der Waals surface area contributed by atoms with Gasteiger partial charge in [-0.3, -0.25) is 9.59 Å². The summed E-state index contributed by atoms with van der Waals surface area (Å²) in [6.07, 6.45) is 0. The van der Waals surface area contributed by atoms with Gasteiger partial charge in [0, 0.05) is 16.7 Å². The number of nitrogens with zero attached hydrogens (tertiary/aromatic N) is 1. The second-order valence-corrected chi connectivity index (χ2v) is 7.29.